The van der Waals surface area contributed by atoms with Crippen LogP contribution in [0.4, 0.5) is 0 Å². The minimum absolute atomic E-state index is 0. The Hall–Kier alpha value is 0.820. The van der Waals surface area contributed by atoms with E-state index < -0.39 is 0 Å². The van der Waals surface area contributed by atoms with Crippen molar-refractivity contribution in [3.8, 4) is 0 Å². The van der Waals surface area contributed by atoms with Crippen LogP contribution < -0.4 is 0 Å². The molecule has 1 nitrogen and oxygen atoms in total. The van der Waals surface area contributed by atoms with Crippen LogP contribution in [0.25, 0.3) is 0 Å². The van der Waals surface area contributed by atoms with Gasteiger partial charge in [0.2, 0.25) is 0 Å². The smallest absolute Gasteiger partial charge is 0.0102 e. The monoisotopic (exact) mass is 111 g/mol. The summed E-state index contributed by atoms with van der Waals surface area (Å²) >= 11 is 0. The predicted molar refractivity (Wildman–Crippen MR) is 34.5 cm³/mol. The Morgan fingerprint density at radius 3 is 1.40 bits per heavy atom. The molecule has 0 fully saturated rings. The maximum atomic E-state index is 2.49. The molecule has 0 aliphatic carbocycles. The van der Waals surface area contributed by atoms with Crippen molar-refractivity contribution < 1.29 is 0 Å². The maximum Gasteiger partial charge on any atom is -0.0102 e. The van der Waals surface area contributed by atoms with Gasteiger partial charge in [-0.2, -0.15) is 9.90 Å². The average Bonchev–Trinajstić information content (AvgIpc) is 0.811. The van der Waals surface area contributed by atoms with Gasteiger partial charge in [0.05, 0.1) is 0 Å². The molecule has 34 valence electrons. The van der Waals surface area contributed by atoms with E-state index in [1.165, 1.54) is 0 Å². The van der Waals surface area contributed by atoms with Gasteiger partial charge in [-0.25, -0.2) is 0 Å². The molecule has 0 aromatic heterocycles. The lowest BCUT2D eigenvalue weighted by atomic mass is 11.3. The van der Waals surface area contributed by atoms with Crippen molar-refractivity contribution in [2.75, 3.05) is 14.1 Å². The van der Waals surface area contributed by atoms with Gasteiger partial charge in [0.1, 0.15) is 0 Å². The van der Waals surface area contributed by atoms with E-state index in [-0.39, 0.29) is 9.90 Å². The summed E-state index contributed by atoms with van der Waals surface area (Å²) in [4.78, 5) is 0. The Balaban J connectivity index is 0. The SMILES string of the molecule is CN(C)P.P. The summed E-state index contributed by atoms with van der Waals surface area (Å²) in [6.07, 6.45) is 0. The lowest BCUT2D eigenvalue weighted by molar-refractivity contribution is 0.703. The summed E-state index contributed by atoms with van der Waals surface area (Å²) < 4.78 is 1.92. The van der Waals surface area contributed by atoms with E-state index in [2.05, 4.69) is 9.39 Å². The molecule has 5 heavy (non-hydrogen) atoms. The van der Waals surface area contributed by atoms with Crippen LogP contribution in [0.2, 0.25) is 0 Å². The third-order valence-corrected chi connectivity index (χ3v) is 0. The zero-order valence-corrected chi connectivity index (χ0v) is 6.30. The van der Waals surface area contributed by atoms with Crippen molar-refractivity contribution in [3.63, 3.8) is 0 Å². The normalized spacial score (nSPS) is 7.20. The van der Waals surface area contributed by atoms with Gasteiger partial charge >= 0.3 is 0 Å². The van der Waals surface area contributed by atoms with Crippen LogP contribution >= 0.6 is 19.3 Å². The molecule has 0 rings (SSSR count). The van der Waals surface area contributed by atoms with Crippen molar-refractivity contribution in [3.05, 3.63) is 0 Å². The van der Waals surface area contributed by atoms with Crippen molar-refractivity contribution in [2.24, 2.45) is 0 Å². The lowest BCUT2D eigenvalue weighted by Crippen LogP contribution is -1.88. The number of nitrogens with zero attached hydrogens (tertiary/aromatic N) is 1. The van der Waals surface area contributed by atoms with Crippen molar-refractivity contribution >= 4 is 19.3 Å². The van der Waals surface area contributed by atoms with Crippen LogP contribution in [0, 0.1) is 0 Å². The average molecular weight is 111 g/mol. The minimum atomic E-state index is 0. The highest BCUT2D eigenvalue weighted by atomic mass is 31.0. The molecule has 0 radical (unpaired) electrons. The van der Waals surface area contributed by atoms with Crippen molar-refractivity contribution in [1.29, 1.82) is 0 Å². The first kappa shape index (κ1) is 9.27. The Labute approximate surface area is 39.0 Å². The van der Waals surface area contributed by atoms with Crippen LogP contribution in [-0.2, 0) is 0 Å². The third kappa shape index (κ3) is 57.0. The van der Waals surface area contributed by atoms with Gasteiger partial charge in [-0.3, -0.25) is 4.67 Å². The standard InChI is InChI=1S/C2H8NP.H3P/c1-3(2)4;/h4H2,1-2H3;1H3. The first-order chi connectivity index (χ1) is 1.73. The molecule has 2 unspecified atom stereocenters. The highest BCUT2D eigenvalue weighted by Crippen LogP contribution is 1.78. The van der Waals surface area contributed by atoms with Crippen LogP contribution in [0.5, 0.6) is 0 Å². The second-order valence-electron chi connectivity index (χ2n) is 0.964. The molecule has 0 spiro atoms. The highest BCUT2D eigenvalue weighted by molar-refractivity contribution is 7.13. The summed E-state index contributed by atoms with van der Waals surface area (Å²) in [7, 11) is 6.42. The topological polar surface area (TPSA) is 3.24 Å². The number of hydrogen-bond donors (Lipinski definition) is 0. The molecule has 0 heterocycles. The first-order valence-electron chi connectivity index (χ1n) is 1.15. The zero-order valence-electron chi connectivity index (χ0n) is 3.73. The zero-order chi connectivity index (χ0) is 3.58. The second-order valence-corrected chi connectivity index (χ2v) is 2.00. The van der Waals surface area contributed by atoms with Crippen LogP contribution in [0.3, 0.4) is 0 Å². The lowest BCUT2D eigenvalue weighted by Gasteiger charge is -1.90. The number of rotatable bonds is 0. The maximum absolute atomic E-state index is 2.49. The number of hydrogen-bond acceptors (Lipinski definition) is 1. The molecule has 0 aromatic carbocycles. The van der Waals surface area contributed by atoms with E-state index in [1.807, 2.05) is 18.8 Å². The molecule has 0 saturated carbocycles. The van der Waals surface area contributed by atoms with E-state index in [4.69, 9.17) is 0 Å². The quantitative estimate of drug-likeness (QED) is 0.409. The third-order valence-electron chi connectivity index (χ3n) is 0. The van der Waals surface area contributed by atoms with Gasteiger partial charge in [0.25, 0.3) is 0 Å². The fourth-order valence-electron chi connectivity index (χ4n) is 0. The largest absolute Gasteiger partial charge is 0.293 e. The minimum Gasteiger partial charge on any atom is -0.293 e. The Bertz CT molecular complexity index is 12.4. The van der Waals surface area contributed by atoms with Crippen LogP contribution in [0.15, 0.2) is 0 Å². The van der Waals surface area contributed by atoms with Gasteiger partial charge in [-0.1, -0.05) is 9.39 Å². The molecule has 0 aliphatic rings. The molecule has 0 amide bonds. The first-order valence-corrected chi connectivity index (χ1v) is 1.67. The highest BCUT2D eigenvalue weighted by Gasteiger charge is 1.58. The Kier molecular flexibility index (Phi) is 8.93. The molecular weight excluding hydrogens is 100.0 g/mol. The molecule has 0 saturated heterocycles. The van der Waals surface area contributed by atoms with Gasteiger partial charge in [0, 0.05) is 0 Å². The fraction of sp³-hybridized carbons (Fsp3) is 1.00. The predicted octanol–water partition coefficient (Wildman–Crippen LogP) is 0.396. The van der Waals surface area contributed by atoms with E-state index >= 15 is 0 Å². The van der Waals surface area contributed by atoms with Crippen molar-refractivity contribution in [1.82, 2.24) is 4.67 Å². The molecular formula is C2H11NP2. The molecule has 3 heteroatoms. The summed E-state index contributed by atoms with van der Waals surface area (Å²) in [6, 6.07) is 0. The van der Waals surface area contributed by atoms with Crippen molar-refractivity contribution in [2.45, 2.75) is 0 Å². The van der Waals surface area contributed by atoms with Crippen LogP contribution in [0.1, 0.15) is 0 Å². The van der Waals surface area contributed by atoms with Gasteiger partial charge in [-0.15, -0.1) is 0 Å². The molecule has 0 bridgehead atoms. The van der Waals surface area contributed by atoms with Gasteiger partial charge in [0.15, 0.2) is 0 Å². The molecule has 0 N–H and O–H groups in total. The summed E-state index contributed by atoms with van der Waals surface area (Å²) in [5.74, 6) is 0. The van der Waals surface area contributed by atoms with Gasteiger partial charge < -0.3 is 0 Å². The van der Waals surface area contributed by atoms with E-state index in [1.54, 1.807) is 0 Å². The van der Waals surface area contributed by atoms with Crippen LogP contribution in [-0.4, -0.2) is 18.8 Å². The second kappa shape index (κ2) is 4.82. The summed E-state index contributed by atoms with van der Waals surface area (Å²) in [5.41, 5.74) is 0. The molecule has 2 atom stereocenters. The summed E-state index contributed by atoms with van der Waals surface area (Å²) in [6.45, 7) is 0. The van der Waals surface area contributed by atoms with E-state index in [9.17, 15) is 0 Å². The van der Waals surface area contributed by atoms with E-state index in [0.29, 0.717) is 0 Å². The Morgan fingerprint density at radius 2 is 1.40 bits per heavy atom. The van der Waals surface area contributed by atoms with Gasteiger partial charge in [-0.05, 0) is 14.1 Å². The Morgan fingerprint density at radius 1 is 1.40 bits per heavy atom. The fourth-order valence-corrected chi connectivity index (χ4v) is 0. The molecule has 0 aromatic rings. The molecule has 0 aliphatic heterocycles. The summed E-state index contributed by atoms with van der Waals surface area (Å²) in [5, 5.41) is 0. The van der Waals surface area contributed by atoms with E-state index in [0.717, 1.165) is 0 Å².